The first-order valence-electron chi connectivity index (χ1n) is 9.35. The largest absolute Gasteiger partial charge is 0.469 e. The smallest absolute Gasteiger partial charge is 0.317 e. The second-order valence-electron chi connectivity index (χ2n) is 7.37. The minimum absolute atomic E-state index is 0.202. The Balaban J connectivity index is 1.79. The first kappa shape index (κ1) is 19.1. The van der Waals surface area contributed by atoms with E-state index >= 15 is 0 Å². The molecule has 0 radical (unpaired) electrons. The minimum Gasteiger partial charge on any atom is -0.469 e. The lowest BCUT2D eigenvalue weighted by Crippen LogP contribution is -2.58. The van der Waals surface area contributed by atoms with Gasteiger partial charge in [0, 0.05) is 10.6 Å². The summed E-state index contributed by atoms with van der Waals surface area (Å²) in [4.78, 5) is 31.4. The third-order valence-corrected chi connectivity index (χ3v) is 6.74. The van der Waals surface area contributed by atoms with Crippen molar-refractivity contribution in [1.82, 2.24) is 4.57 Å². The normalized spacial score (nSPS) is 24.3. The molecular formula is C22H17ClN2O4S. The van der Waals surface area contributed by atoms with Crippen molar-refractivity contribution >= 4 is 35.0 Å². The molecule has 2 aliphatic rings. The fourth-order valence-electron chi connectivity index (χ4n) is 4.14. The number of ether oxygens (including phenoxy) is 2. The highest BCUT2D eigenvalue weighted by Gasteiger charge is 2.55. The van der Waals surface area contributed by atoms with Crippen molar-refractivity contribution in [3.05, 3.63) is 84.4 Å². The van der Waals surface area contributed by atoms with Gasteiger partial charge in [0.25, 0.3) is 5.56 Å². The van der Waals surface area contributed by atoms with Gasteiger partial charge in [0.05, 0.1) is 17.7 Å². The molecule has 0 aliphatic carbocycles. The Morgan fingerprint density at radius 1 is 1.27 bits per heavy atom. The van der Waals surface area contributed by atoms with E-state index in [0.29, 0.717) is 20.1 Å². The summed E-state index contributed by atoms with van der Waals surface area (Å²) in [6.07, 6.45) is 1.80. The summed E-state index contributed by atoms with van der Waals surface area (Å²) in [6, 6.07) is 14.1. The van der Waals surface area contributed by atoms with Gasteiger partial charge < -0.3 is 9.47 Å². The van der Waals surface area contributed by atoms with Gasteiger partial charge in [0.1, 0.15) is 11.7 Å². The third kappa shape index (κ3) is 2.80. The lowest BCUT2D eigenvalue weighted by molar-refractivity contribution is -0.158. The number of thiazole rings is 1. The molecule has 0 saturated heterocycles. The van der Waals surface area contributed by atoms with Gasteiger partial charge in [-0.25, -0.2) is 4.99 Å². The zero-order valence-corrected chi connectivity index (χ0v) is 17.7. The minimum atomic E-state index is -1.17. The van der Waals surface area contributed by atoms with Gasteiger partial charge in [0.2, 0.25) is 5.72 Å². The Kier molecular flexibility index (Phi) is 4.34. The van der Waals surface area contributed by atoms with Crippen molar-refractivity contribution in [3.8, 4) is 5.75 Å². The van der Waals surface area contributed by atoms with Crippen molar-refractivity contribution in [1.29, 1.82) is 0 Å². The number of fused-ring (bicyclic) bond motifs is 6. The molecule has 5 rings (SSSR count). The average Bonchev–Trinajstić information content (AvgIpc) is 3.02. The zero-order chi connectivity index (χ0) is 21.0. The van der Waals surface area contributed by atoms with Crippen LogP contribution in [0, 0.1) is 5.92 Å². The number of hydrogen-bond acceptors (Lipinski definition) is 6. The molecule has 0 amide bonds. The first-order chi connectivity index (χ1) is 14.4. The molecule has 3 heterocycles. The van der Waals surface area contributed by atoms with Gasteiger partial charge in [-0.1, -0.05) is 53.3 Å². The van der Waals surface area contributed by atoms with E-state index < -0.39 is 23.7 Å². The molecule has 2 aliphatic heterocycles. The molecule has 0 unspecified atom stereocenters. The van der Waals surface area contributed by atoms with E-state index in [1.54, 1.807) is 29.7 Å². The lowest BCUT2D eigenvalue weighted by Gasteiger charge is -2.44. The summed E-state index contributed by atoms with van der Waals surface area (Å²) < 4.78 is 13.3. The summed E-state index contributed by atoms with van der Waals surface area (Å²) in [5, 5.41) is 0.626. The second kappa shape index (κ2) is 6.82. The van der Waals surface area contributed by atoms with Crippen LogP contribution < -0.4 is 19.6 Å². The summed E-state index contributed by atoms with van der Waals surface area (Å²) in [7, 11) is 1.33. The van der Waals surface area contributed by atoms with Crippen LogP contribution in [-0.2, 0) is 9.53 Å². The zero-order valence-electron chi connectivity index (χ0n) is 16.2. The summed E-state index contributed by atoms with van der Waals surface area (Å²) in [5.41, 5.74) is 0.248. The van der Waals surface area contributed by atoms with Gasteiger partial charge in [-0.05, 0) is 36.8 Å². The van der Waals surface area contributed by atoms with E-state index in [0.717, 1.165) is 11.1 Å². The molecule has 152 valence electrons. The van der Waals surface area contributed by atoms with Crippen molar-refractivity contribution in [2.75, 3.05) is 7.11 Å². The quantitative estimate of drug-likeness (QED) is 0.574. The van der Waals surface area contributed by atoms with E-state index in [9.17, 15) is 9.59 Å². The molecule has 1 aromatic heterocycles. The first-order valence-corrected chi connectivity index (χ1v) is 10.5. The van der Waals surface area contributed by atoms with Gasteiger partial charge in [-0.15, -0.1) is 0 Å². The number of carbonyl (C=O) groups is 1. The number of aromatic nitrogens is 1. The van der Waals surface area contributed by atoms with Crippen molar-refractivity contribution in [2.24, 2.45) is 10.9 Å². The van der Waals surface area contributed by atoms with E-state index in [2.05, 4.69) is 0 Å². The van der Waals surface area contributed by atoms with E-state index in [1.165, 1.54) is 18.4 Å². The molecule has 3 atom stereocenters. The van der Waals surface area contributed by atoms with Gasteiger partial charge in [0.15, 0.2) is 4.80 Å². The topological polar surface area (TPSA) is 69.9 Å². The molecule has 2 aromatic carbocycles. The Bertz CT molecular complexity index is 1340. The van der Waals surface area contributed by atoms with Crippen LogP contribution in [0.4, 0.5) is 0 Å². The number of carbonyl (C=O) groups excluding carboxylic acids is 1. The fraction of sp³-hybridized carbons (Fsp3) is 0.227. The number of nitrogens with zero attached hydrogens (tertiary/aromatic N) is 2. The molecular weight excluding hydrogens is 424 g/mol. The van der Waals surface area contributed by atoms with Crippen LogP contribution >= 0.6 is 22.9 Å². The molecule has 8 heteroatoms. The van der Waals surface area contributed by atoms with Gasteiger partial charge in [-0.2, -0.15) is 0 Å². The van der Waals surface area contributed by atoms with Crippen LogP contribution in [0.5, 0.6) is 5.75 Å². The van der Waals surface area contributed by atoms with Crippen LogP contribution in [0.1, 0.15) is 24.1 Å². The average molecular weight is 441 g/mol. The summed E-state index contributed by atoms with van der Waals surface area (Å²) >= 11 is 7.24. The number of esters is 1. The summed E-state index contributed by atoms with van der Waals surface area (Å²) in [6.45, 7) is 1.76. The van der Waals surface area contributed by atoms with E-state index in [1.807, 2.05) is 36.4 Å². The molecule has 0 saturated carbocycles. The molecule has 3 aromatic rings. The van der Waals surface area contributed by atoms with Crippen molar-refractivity contribution in [3.63, 3.8) is 0 Å². The van der Waals surface area contributed by atoms with E-state index in [-0.39, 0.29) is 5.56 Å². The molecule has 6 nitrogen and oxygen atoms in total. The number of hydrogen-bond donors (Lipinski definition) is 0. The molecule has 0 spiro atoms. The Labute approximate surface area is 180 Å². The molecule has 0 N–H and O–H groups in total. The van der Waals surface area contributed by atoms with Crippen LogP contribution in [-0.4, -0.2) is 23.4 Å². The highest BCUT2D eigenvalue weighted by Crippen LogP contribution is 2.47. The second-order valence-corrected chi connectivity index (χ2v) is 8.82. The van der Waals surface area contributed by atoms with Crippen molar-refractivity contribution < 1.29 is 14.3 Å². The number of benzene rings is 2. The standard InChI is InChI=1S/C22H17ClN2O4S/c1-22-17(20(27)28-2)18(14-5-3-4-6-15(14)29-22)25-19(26)16(30-21(25)24-22)11-12-7-9-13(23)10-8-12/h3-11,17-18H,1-2H3/b16-11-/t17-,18+,22-/m0/s1. The maximum absolute atomic E-state index is 13.4. The number of methoxy groups -OCH3 is 1. The number of rotatable bonds is 2. The van der Waals surface area contributed by atoms with Gasteiger partial charge in [-0.3, -0.25) is 14.2 Å². The van der Waals surface area contributed by atoms with Crippen LogP contribution in [0.2, 0.25) is 5.02 Å². The fourth-order valence-corrected chi connectivity index (χ4v) is 5.37. The SMILES string of the molecule is COC(=O)[C@@H]1[C@H]2c3ccccc3O[C@]1(C)N=c1s/c(=C\c3ccc(Cl)cc3)c(=O)n12. The molecule has 2 bridgehead atoms. The summed E-state index contributed by atoms with van der Waals surface area (Å²) in [5.74, 6) is -0.630. The monoisotopic (exact) mass is 440 g/mol. The predicted octanol–water partition coefficient (Wildman–Crippen LogP) is 2.51. The predicted molar refractivity (Wildman–Crippen MR) is 113 cm³/mol. The Morgan fingerprint density at radius 2 is 2.00 bits per heavy atom. The third-order valence-electron chi connectivity index (χ3n) is 5.50. The van der Waals surface area contributed by atoms with E-state index in [4.69, 9.17) is 26.1 Å². The Morgan fingerprint density at radius 3 is 2.73 bits per heavy atom. The van der Waals surface area contributed by atoms with Crippen LogP contribution in [0.25, 0.3) is 6.08 Å². The van der Waals surface area contributed by atoms with Gasteiger partial charge >= 0.3 is 5.97 Å². The molecule has 0 fully saturated rings. The number of halogens is 1. The molecule has 30 heavy (non-hydrogen) atoms. The lowest BCUT2D eigenvalue weighted by atomic mass is 9.81. The Hall–Kier alpha value is -2.90. The highest BCUT2D eigenvalue weighted by atomic mass is 35.5. The van der Waals surface area contributed by atoms with Crippen LogP contribution in [0.15, 0.2) is 58.3 Å². The number of para-hydroxylation sites is 1. The maximum atomic E-state index is 13.4. The van der Waals surface area contributed by atoms with Crippen LogP contribution in [0.3, 0.4) is 0 Å². The van der Waals surface area contributed by atoms with Crippen molar-refractivity contribution in [2.45, 2.75) is 18.7 Å². The maximum Gasteiger partial charge on any atom is 0.317 e. The highest BCUT2D eigenvalue weighted by molar-refractivity contribution is 7.07.